The number of nitrogens with one attached hydrogen (secondary N) is 1. The number of nitro benzene ring substituents is 1. The van der Waals surface area contributed by atoms with Crippen molar-refractivity contribution in [2.45, 2.75) is 38.6 Å². The highest BCUT2D eigenvalue weighted by molar-refractivity contribution is 5.77. The van der Waals surface area contributed by atoms with Crippen LogP contribution in [0.15, 0.2) is 18.2 Å². The lowest BCUT2D eigenvalue weighted by Crippen LogP contribution is -2.36. The lowest BCUT2D eigenvalue weighted by Gasteiger charge is -2.30. The van der Waals surface area contributed by atoms with Gasteiger partial charge >= 0.3 is 5.69 Å². The second kappa shape index (κ2) is 7.26. The Morgan fingerprint density at radius 3 is 2.71 bits per heavy atom. The Hall–Kier alpha value is -1.82. The van der Waals surface area contributed by atoms with Crippen LogP contribution in [0, 0.1) is 10.1 Å². The van der Waals surface area contributed by atoms with Gasteiger partial charge in [-0.3, -0.25) is 10.1 Å². The van der Waals surface area contributed by atoms with E-state index in [-0.39, 0.29) is 23.3 Å². The van der Waals surface area contributed by atoms with E-state index < -0.39 is 0 Å². The Bertz CT molecular complexity index is 487. The summed E-state index contributed by atoms with van der Waals surface area (Å²) in [6.45, 7) is 2.98. The van der Waals surface area contributed by atoms with E-state index >= 15 is 0 Å². The minimum Gasteiger partial charge on any atom is -0.395 e. The standard InChI is InChI=1S/C15H23N3O3/c1-2-16-13-8-5-9-14(15(13)18(20)21)17(10-11-19)12-6-3-4-7-12/h5,8-9,12,16,19H,2-4,6-7,10-11H2,1H3. The average molecular weight is 293 g/mol. The summed E-state index contributed by atoms with van der Waals surface area (Å²) in [6.07, 6.45) is 4.35. The molecule has 116 valence electrons. The van der Waals surface area contributed by atoms with Gasteiger partial charge in [0.1, 0.15) is 11.4 Å². The van der Waals surface area contributed by atoms with Gasteiger partial charge in [0.25, 0.3) is 0 Å². The number of nitrogens with zero attached hydrogens (tertiary/aromatic N) is 2. The topological polar surface area (TPSA) is 78.6 Å². The van der Waals surface area contributed by atoms with Crippen molar-refractivity contribution >= 4 is 17.1 Å². The molecule has 1 aromatic carbocycles. The molecule has 0 aromatic heterocycles. The maximum Gasteiger partial charge on any atom is 0.315 e. The minimum atomic E-state index is -0.327. The second-order valence-corrected chi connectivity index (χ2v) is 5.32. The average Bonchev–Trinajstić information content (AvgIpc) is 2.98. The van der Waals surface area contributed by atoms with Gasteiger partial charge in [-0.25, -0.2) is 0 Å². The molecule has 1 aliphatic carbocycles. The van der Waals surface area contributed by atoms with Crippen LogP contribution in [0.1, 0.15) is 32.6 Å². The van der Waals surface area contributed by atoms with Crippen LogP contribution in [-0.4, -0.2) is 35.8 Å². The van der Waals surface area contributed by atoms with Gasteiger partial charge in [-0.15, -0.1) is 0 Å². The van der Waals surface area contributed by atoms with Gasteiger partial charge in [0.2, 0.25) is 0 Å². The Kier molecular flexibility index (Phi) is 5.38. The molecule has 6 nitrogen and oxygen atoms in total. The number of nitro groups is 1. The molecule has 0 bridgehead atoms. The van der Waals surface area contributed by atoms with Gasteiger partial charge in [0.15, 0.2) is 0 Å². The van der Waals surface area contributed by atoms with Crippen LogP contribution in [0.2, 0.25) is 0 Å². The van der Waals surface area contributed by atoms with Crippen molar-refractivity contribution in [1.82, 2.24) is 0 Å². The first kappa shape index (κ1) is 15.6. The van der Waals surface area contributed by atoms with Crippen molar-refractivity contribution < 1.29 is 10.0 Å². The third kappa shape index (κ3) is 3.44. The summed E-state index contributed by atoms with van der Waals surface area (Å²) < 4.78 is 0. The fourth-order valence-corrected chi connectivity index (χ4v) is 3.11. The Labute approximate surface area is 124 Å². The molecular weight excluding hydrogens is 270 g/mol. The summed E-state index contributed by atoms with van der Waals surface area (Å²) in [5.74, 6) is 0. The van der Waals surface area contributed by atoms with Crippen LogP contribution < -0.4 is 10.2 Å². The molecule has 0 radical (unpaired) electrons. The van der Waals surface area contributed by atoms with Gasteiger partial charge in [0.05, 0.1) is 11.5 Å². The molecule has 0 atom stereocenters. The molecule has 2 rings (SSSR count). The summed E-state index contributed by atoms with van der Waals surface area (Å²) >= 11 is 0. The second-order valence-electron chi connectivity index (χ2n) is 5.32. The fourth-order valence-electron chi connectivity index (χ4n) is 3.11. The molecule has 2 N–H and O–H groups in total. The largest absolute Gasteiger partial charge is 0.395 e. The summed E-state index contributed by atoms with van der Waals surface area (Å²) in [7, 11) is 0. The van der Waals surface area contributed by atoms with Crippen LogP contribution in [0.5, 0.6) is 0 Å². The molecule has 0 aliphatic heterocycles. The van der Waals surface area contributed by atoms with Gasteiger partial charge in [-0.2, -0.15) is 0 Å². The first-order chi connectivity index (χ1) is 10.2. The lowest BCUT2D eigenvalue weighted by atomic mass is 10.1. The molecule has 6 heteroatoms. The maximum absolute atomic E-state index is 11.5. The van der Waals surface area contributed by atoms with Crippen LogP contribution in [0.3, 0.4) is 0 Å². The smallest absolute Gasteiger partial charge is 0.315 e. The van der Waals surface area contributed by atoms with E-state index in [1.54, 1.807) is 12.1 Å². The van der Waals surface area contributed by atoms with E-state index in [0.717, 1.165) is 25.7 Å². The molecule has 21 heavy (non-hydrogen) atoms. The summed E-state index contributed by atoms with van der Waals surface area (Å²) in [5.41, 5.74) is 1.26. The number of hydrogen-bond acceptors (Lipinski definition) is 5. The molecule has 1 fully saturated rings. The Morgan fingerprint density at radius 1 is 1.43 bits per heavy atom. The normalized spacial score (nSPS) is 15.1. The van der Waals surface area contributed by atoms with E-state index in [4.69, 9.17) is 0 Å². The SMILES string of the molecule is CCNc1cccc(N(CCO)C2CCCC2)c1[N+](=O)[O-]. The third-order valence-electron chi connectivity index (χ3n) is 3.98. The van der Waals surface area contributed by atoms with E-state index in [2.05, 4.69) is 5.32 Å². The molecule has 1 aliphatic rings. The van der Waals surface area contributed by atoms with Crippen molar-refractivity contribution in [3.63, 3.8) is 0 Å². The minimum absolute atomic E-state index is 0.000905. The van der Waals surface area contributed by atoms with E-state index in [9.17, 15) is 15.2 Å². The Morgan fingerprint density at radius 2 is 2.14 bits per heavy atom. The molecule has 0 unspecified atom stereocenters. The number of rotatable bonds is 7. The Balaban J connectivity index is 2.42. The zero-order chi connectivity index (χ0) is 15.2. The molecule has 1 saturated carbocycles. The summed E-state index contributed by atoms with van der Waals surface area (Å²) in [5, 5.41) is 23.9. The van der Waals surface area contributed by atoms with Gasteiger partial charge in [-0.05, 0) is 31.9 Å². The molecule has 0 spiro atoms. The van der Waals surface area contributed by atoms with Gasteiger partial charge < -0.3 is 15.3 Å². The van der Waals surface area contributed by atoms with Crippen molar-refractivity contribution in [3.8, 4) is 0 Å². The molecular formula is C15H23N3O3. The number of benzene rings is 1. The van der Waals surface area contributed by atoms with Crippen LogP contribution in [0.4, 0.5) is 17.1 Å². The predicted molar refractivity (Wildman–Crippen MR) is 83.9 cm³/mol. The number of aliphatic hydroxyl groups excluding tert-OH is 1. The van der Waals surface area contributed by atoms with Crippen molar-refractivity contribution in [2.75, 3.05) is 29.9 Å². The quantitative estimate of drug-likeness (QED) is 0.597. The zero-order valence-electron chi connectivity index (χ0n) is 12.4. The van der Waals surface area contributed by atoms with E-state index in [1.165, 1.54) is 0 Å². The van der Waals surface area contributed by atoms with Crippen molar-refractivity contribution in [2.24, 2.45) is 0 Å². The van der Waals surface area contributed by atoms with E-state index in [1.807, 2.05) is 17.9 Å². The monoisotopic (exact) mass is 293 g/mol. The highest BCUT2D eigenvalue weighted by Crippen LogP contribution is 2.38. The summed E-state index contributed by atoms with van der Waals surface area (Å²) in [6, 6.07) is 5.64. The van der Waals surface area contributed by atoms with Crippen LogP contribution >= 0.6 is 0 Å². The molecule has 0 saturated heterocycles. The first-order valence-corrected chi connectivity index (χ1v) is 7.57. The van der Waals surface area contributed by atoms with Gasteiger partial charge in [0, 0.05) is 19.1 Å². The number of para-hydroxylation sites is 1. The van der Waals surface area contributed by atoms with Gasteiger partial charge in [-0.1, -0.05) is 18.9 Å². The summed E-state index contributed by atoms with van der Waals surface area (Å²) in [4.78, 5) is 13.2. The van der Waals surface area contributed by atoms with Crippen molar-refractivity contribution in [3.05, 3.63) is 28.3 Å². The highest BCUT2D eigenvalue weighted by Gasteiger charge is 2.29. The molecule has 0 heterocycles. The van der Waals surface area contributed by atoms with Crippen LogP contribution in [0.25, 0.3) is 0 Å². The number of hydrogen-bond donors (Lipinski definition) is 2. The number of aliphatic hydroxyl groups is 1. The first-order valence-electron chi connectivity index (χ1n) is 7.57. The predicted octanol–water partition coefficient (Wildman–Crippen LogP) is 2.77. The van der Waals surface area contributed by atoms with Crippen molar-refractivity contribution in [1.29, 1.82) is 0 Å². The fraction of sp³-hybridized carbons (Fsp3) is 0.600. The highest BCUT2D eigenvalue weighted by atomic mass is 16.6. The van der Waals surface area contributed by atoms with E-state index in [0.29, 0.717) is 24.5 Å². The molecule has 0 amide bonds. The maximum atomic E-state index is 11.5. The zero-order valence-corrected chi connectivity index (χ0v) is 12.4. The molecule has 1 aromatic rings. The third-order valence-corrected chi connectivity index (χ3v) is 3.98. The lowest BCUT2D eigenvalue weighted by molar-refractivity contribution is -0.383. The number of anilines is 2. The van der Waals surface area contributed by atoms with Crippen LogP contribution in [-0.2, 0) is 0 Å².